The second-order valence-electron chi connectivity index (χ2n) is 4.21. The van der Waals surface area contributed by atoms with Gasteiger partial charge in [0.25, 0.3) is 0 Å². The minimum absolute atomic E-state index is 0.0242. The third kappa shape index (κ3) is 2.52. The van der Waals surface area contributed by atoms with Crippen LogP contribution in [0.3, 0.4) is 0 Å². The van der Waals surface area contributed by atoms with Gasteiger partial charge in [-0.3, -0.25) is 0 Å². The Morgan fingerprint density at radius 3 is 2.42 bits per heavy atom. The van der Waals surface area contributed by atoms with E-state index in [1.807, 2.05) is 19.9 Å². The molecular weight excluding hydrogens is 244 g/mol. The van der Waals surface area contributed by atoms with Crippen LogP contribution in [0, 0.1) is 34.0 Å². The van der Waals surface area contributed by atoms with E-state index in [1.54, 1.807) is 19.1 Å². The Hall–Kier alpha value is -2.49. The number of nitrogens with zero attached hydrogens (tertiary/aromatic N) is 3. The van der Waals surface area contributed by atoms with E-state index in [0.717, 1.165) is 0 Å². The van der Waals surface area contributed by atoms with Crippen molar-refractivity contribution in [3.8, 4) is 18.2 Å². The molecule has 0 fully saturated rings. The van der Waals surface area contributed by atoms with Gasteiger partial charge in [0.15, 0.2) is 0 Å². The van der Waals surface area contributed by atoms with Gasteiger partial charge in [0.1, 0.15) is 29.4 Å². The van der Waals surface area contributed by atoms with Crippen LogP contribution < -0.4 is 5.73 Å². The summed E-state index contributed by atoms with van der Waals surface area (Å²) in [4.78, 5) is 0. The molecule has 0 saturated heterocycles. The SMILES string of the molecule is CC[C@@H](C)O[C@@]1(C)OC(N)=C(C#N)C1=C(C#N)C#N. The zero-order valence-electron chi connectivity index (χ0n) is 11.0. The summed E-state index contributed by atoms with van der Waals surface area (Å²) in [6, 6.07) is 5.33. The minimum atomic E-state index is -1.38. The van der Waals surface area contributed by atoms with E-state index < -0.39 is 5.79 Å². The molecule has 1 aliphatic heterocycles. The molecule has 1 aliphatic rings. The van der Waals surface area contributed by atoms with Crippen molar-refractivity contribution in [1.82, 2.24) is 0 Å². The largest absolute Gasteiger partial charge is 0.442 e. The van der Waals surface area contributed by atoms with Gasteiger partial charge in [-0.05, 0) is 13.3 Å². The average molecular weight is 258 g/mol. The summed E-state index contributed by atoms with van der Waals surface area (Å²) in [6.45, 7) is 5.29. The normalized spacial score (nSPS) is 23.1. The van der Waals surface area contributed by atoms with E-state index in [0.29, 0.717) is 6.42 Å². The summed E-state index contributed by atoms with van der Waals surface area (Å²) in [7, 11) is 0. The predicted octanol–water partition coefficient (Wildman–Crippen LogP) is 1.59. The molecule has 19 heavy (non-hydrogen) atoms. The second kappa shape index (κ2) is 5.44. The summed E-state index contributed by atoms with van der Waals surface area (Å²) in [5, 5.41) is 27.1. The van der Waals surface area contributed by atoms with E-state index in [2.05, 4.69) is 0 Å². The highest BCUT2D eigenvalue weighted by Gasteiger charge is 2.46. The van der Waals surface area contributed by atoms with Crippen LogP contribution in [0.5, 0.6) is 0 Å². The Bertz CT molecular complexity index is 555. The van der Waals surface area contributed by atoms with Gasteiger partial charge in [-0.2, -0.15) is 15.8 Å². The van der Waals surface area contributed by atoms with Crippen LogP contribution in [-0.4, -0.2) is 11.9 Å². The number of hydrogen-bond acceptors (Lipinski definition) is 6. The Labute approximate surface area is 111 Å². The fourth-order valence-corrected chi connectivity index (χ4v) is 1.81. The van der Waals surface area contributed by atoms with E-state index in [1.165, 1.54) is 0 Å². The number of nitriles is 3. The summed E-state index contributed by atoms with van der Waals surface area (Å²) in [6.07, 6.45) is 0.534. The van der Waals surface area contributed by atoms with Crippen molar-refractivity contribution in [2.45, 2.75) is 39.1 Å². The zero-order valence-corrected chi connectivity index (χ0v) is 11.0. The highest BCUT2D eigenvalue weighted by atomic mass is 16.7. The lowest BCUT2D eigenvalue weighted by Gasteiger charge is -2.29. The number of hydrogen-bond donors (Lipinski definition) is 1. The van der Waals surface area contributed by atoms with E-state index in [9.17, 15) is 0 Å². The molecule has 0 bridgehead atoms. The highest BCUT2D eigenvalue weighted by Crippen LogP contribution is 2.40. The summed E-state index contributed by atoms with van der Waals surface area (Å²) in [5.41, 5.74) is 5.46. The third-order valence-corrected chi connectivity index (χ3v) is 2.84. The molecule has 98 valence electrons. The van der Waals surface area contributed by atoms with Crippen LogP contribution in [0.4, 0.5) is 0 Å². The number of ether oxygens (including phenoxy) is 2. The molecule has 0 aromatic heterocycles. The molecule has 2 N–H and O–H groups in total. The Morgan fingerprint density at radius 1 is 1.42 bits per heavy atom. The van der Waals surface area contributed by atoms with Crippen molar-refractivity contribution in [1.29, 1.82) is 15.8 Å². The summed E-state index contributed by atoms with van der Waals surface area (Å²) in [5.74, 6) is -1.52. The smallest absolute Gasteiger partial charge is 0.240 e. The first-order chi connectivity index (χ1) is 8.93. The van der Waals surface area contributed by atoms with E-state index in [4.69, 9.17) is 31.0 Å². The van der Waals surface area contributed by atoms with Crippen LogP contribution in [0.1, 0.15) is 27.2 Å². The first-order valence-electron chi connectivity index (χ1n) is 5.75. The number of rotatable bonds is 3. The molecule has 0 aromatic carbocycles. The molecule has 6 nitrogen and oxygen atoms in total. The van der Waals surface area contributed by atoms with Crippen LogP contribution in [0.25, 0.3) is 0 Å². The number of nitrogens with two attached hydrogens (primary N) is 1. The van der Waals surface area contributed by atoms with Gasteiger partial charge in [-0.15, -0.1) is 0 Å². The van der Waals surface area contributed by atoms with Gasteiger partial charge in [0.05, 0.1) is 11.7 Å². The lowest BCUT2D eigenvalue weighted by molar-refractivity contribution is -0.190. The van der Waals surface area contributed by atoms with Gasteiger partial charge >= 0.3 is 0 Å². The molecular formula is C13H14N4O2. The Kier molecular flexibility index (Phi) is 4.17. The molecule has 2 atom stereocenters. The first kappa shape index (κ1) is 14.6. The lowest BCUT2D eigenvalue weighted by Crippen LogP contribution is -2.35. The standard InChI is InChI=1S/C13H14N4O2/c1-4-8(2)18-13(3)11(9(5-14)6-15)10(7-16)12(17)19-13/h8H,4,17H2,1-3H3/t8-,13+/m1/s1. The van der Waals surface area contributed by atoms with Crippen molar-refractivity contribution in [3.05, 3.63) is 22.6 Å². The predicted molar refractivity (Wildman–Crippen MR) is 65.4 cm³/mol. The molecule has 0 unspecified atom stereocenters. The molecule has 0 aliphatic carbocycles. The fourth-order valence-electron chi connectivity index (χ4n) is 1.81. The highest BCUT2D eigenvalue weighted by molar-refractivity contribution is 5.59. The van der Waals surface area contributed by atoms with Crippen LogP contribution in [0.2, 0.25) is 0 Å². The van der Waals surface area contributed by atoms with Gasteiger partial charge in [-0.1, -0.05) is 6.92 Å². The molecule has 0 radical (unpaired) electrons. The molecule has 6 heteroatoms. The van der Waals surface area contributed by atoms with Crippen molar-refractivity contribution in [3.63, 3.8) is 0 Å². The maximum atomic E-state index is 9.09. The third-order valence-electron chi connectivity index (χ3n) is 2.84. The van der Waals surface area contributed by atoms with Crippen molar-refractivity contribution in [2.75, 3.05) is 0 Å². The lowest BCUT2D eigenvalue weighted by atomic mass is 9.96. The fraction of sp³-hybridized carbons (Fsp3) is 0.462. The topological polar surface area (TPSA) is 116 Å². The molecule has 1 rings (SSSR count). The second-order valence-corrected chi connectivity index (χ2v) is 4.21. The molecule has 0 aromatic rings. The Morgan fingerprint density at radius 2 is 2.00 bits per heavy atom. The minimum Gasteiger partial charge on any atom is -0.442 e. The van der Waals surface area contributed by atoms with E-state index >= 15 is 0 Å². The molecule has 0 amide bonds. The first-order valence-corrected chi connectivity index (χ1v) is 5.75. The summed E-state index contributed by atoms with van der Waals surface area (Å²) >= 11 is 0. The number of allylic oxidation sites excluding steroid dienone is 1. The quantitative estimate of drug-likeness (QED) is 0.768. The maximum absolute atomic E-state index is 9.09. The van der Waals surface area contributed by atoms with Crippen LogP contribution in [-0.2, 0) is 9.47 Å². The maximum Gasteiger partial charge on any atom is 0.240 e. The van der Waals surface area contributed by atoms with Gasteiger partial charge in [-0.25, -0.2) is 0 Å². The van der Waals surface area contributed by atoms with Crippen LogP contribution in [0.15, 0.2) is 22.6 Å². The van der Waals surface area contributed by atoms with Gasteiger partial charge in [0, 0.05) is 6.92 Å². The van der Waals surface area contributed by atoms with Crippen molar-refractivity contribution < 1.29 is 9.47 Å². The van der Waals surface area contributed by atoms with Gasteiger partial charge in [0.2, 0.25) is 11.7 Å². The molecule has 0 spiro atoms. The average Bonchev–Trinajstić information content (AvgIpc) is 2.62. The monoisotopic (exact) mass is 258 g/mol. The van der Waals surface area contributed by atoms with Crippen molar-refractivity contribution in [2.24, 2.45) is 5.73 Å². The Balaban J connectivity index is 3.40. The van der Waals surface area contributed by atoms with E-state index in [-0.39, 0.29) is 28.7 Å². The summed E-state index contributed by atoms with van der Waals surface area (Å²) < 4.78 is 11.1. The molecule has 1 heterocycles. The van der Waals surface area contributed by atoms with Crippen LogP contribution >= 0.6 is 0 Å². The van der Waals surface area contributed by atoms with Crippen molar-refractivity contribution >= 4 is 0 Å². The zero-order chi connectivity index (χ0) is 14.6. The van der Waals surface area contributed by atoms with Gasteiger partial charge < -0.3 is 15.2 Å². The molecule has 0 saturated carbocycles.